The molecule has 0 spiro atoms. The van der Waals surface area contributed by atoms with E-state index >= 15 is 0 Å². The van der Waals surface area contributed by atoms with Crippen LogP contribution in [0.2, 0.25) is 0 Å². The first-order chi connectivity index (χ1) is 55.8. The van der Waals surface area contributed by atoms with Gasteiger partial charge in [0.25, 0.3) is 0 Å². The van der Waals surface area contributed by atoms with Crippen LogP contribution in [0.1, 0.15) is 292 Å². The maximum absolute atomic E-state index is 3.92. The molecule has 0 aliphatic heterocycles. The molecule has 124 heavy (non-hydrogen) atoms. The summed E-state index contributed by atoms with van der Waals surface area (Å²) in [4.78, 5) is 10.3. The fourth-order valence-electron chi connectivity index (χ4n) is 14.6. The van der Waals surface area contributed by atoms with Crippen LogP contribution in [-0.2, 0) is 51.4 Å². The molecule has 0 radical (unpaired) electrons. The van der Waals surface area contributed by atoms with Crippen molar-refractivity contribution in [3.63, 3.8) is 0 Å². The molecule has 0 saturated heterocycles. The monoisotopic (exact) mass is 1680 g/mol. The predicted molar refractivity (Wildman–Crippen MR) is 568 cm³/mol. The average Bonchev–Trinajstić information content (AvgIpc) is 1.66. The molecule has 1 saturated carbocycles. The summed E-state index contributed by atoms with van der Waals surface area (Å²) >= 11 is 0. The summed E-state index contributed by atoms with van der Waals surface area (Å²) in [5.41, 5.74) is 19.2. The van der Waals surface area contributed by atoms with Crippen molar-refractivity contribution in [3.05, 3.63) is 342 Å². The highest BCUT2D eigenvalue weighted by Gasteiger charge is 2.14. The molecule has 2 aromatic heterocycles. The predicted octanol–water partition coefficient (Wildman–Crippen LogP) is 38.1. The molecular formula is C121H183N3. The van der Waals surface area contributed by atoms with Gasteiger partial charge in [-0.05, 0) is 232 Å². The molecule has 2 N–H and O–H groups in total. The third kappa shape index (κ3) is 50.0. The molecule has 3 nitrogen and oxygen atoms in total. The Balaban J connectivity index is -0.00000132. The van der Waals surface area contributed by atoms with Gasteiger partial charge < -0.3 is 9.97 Å². The van der Waals surface area contributed by atoms with Gasteiger partial charge in [0, 0.05) is 29.0 Å². The number of hydrogen-bond acceptors (Lipinski definition) is 1. The summed E-state index contributed by atoms with van der Waals surface area (Å²) in [5, 5.41) is 6.82. The van der Waals surface area contributed by atoms with Gasteiger partial charge in [-0.3, -0.25) is 0 Å². The van der Waals surface area contributed by atoms with Crippen LogP contribution in [0.15, 0.2) is 292 Å². The van der Waals surface area contributed by atoms with E-state index in [0.29, 0.717) is 5.92 Å². The Kier molecular flexibility index (Phi) is 65.2. The lowest BCUT2D eigenvalue weighted by Crippen LogP contribution is -2.08. The number of nitrogens with one attached hydrogen (secondary N) is 2. The van der Waals surface area contributed by atoms with Crippen LogP contribution in [0.4, 0.5) is 0 Å². The number of hydrogen-bond donors (Lipinski definition) is 2. The first kappa shape index (κ1) is 119. The SMILES string of the molecule is C.C.C.C.C.C.C.C.CC(C)CC1CCCCC1.CC(C)CCc1ccc(-c2ccccc2)cc1.CC(C)CCc1ccccc1.CC(C)Cc1c[nH]c2ccccc12.CC(C)Cc1ccc(-c2ccccc2)cc1.CC(C)Cc1ccc2ccccc2c1.CC(C)Cc1cccc2ccccc12.CC(C)Cc1cnc[nH]1.Cc1ccc(CCC(C)C)cc1. The molecule has 0 amide bonds. The third-order valence-electron chi connectivity index (χ3n) is 20.7. The molecule has 1 fully saturated rings. The maximum atomic E-state index is 3.92. The highest BCUT2D eigenvalue weighted by Crippen LogP contribution is 2.30. The van der Waals surface area contributed by atoms with Gasteiger partial charge in [-0.25, -0.2) is 4.98 Å². The van der Waals surface area contributed by atoms with E-state index in [1.54, 1.807) is 6.33 Å². The van der Waals surface area contributed by atoms with Crippen molar-refractivity contribution in [3.8, 4) is 22.3 Å². The van der Waals surface area contributed by atoms with E-state index in [9.17, 15) is 0 Å². The second-order valence-electron chi connectivity index (χ2n) is 36.3. The summed E-state index contributed by atoms with van der Waals surface area (Å²) < 4.78 is 0. The van der Waals surface area contributed by atoms with Crippen molar-refractivity contribution in [2.24, 2.45) is 59.2 Å². The second-order valence-corrected chi connectivity index (χ2v) is 36.3. The minimum atomic E-state index is 0. The van der Waals surface area contributed by atoms with Gasteiger partial charge in [-0.2, -0.15) is 0 Å². The van der Waals surface area contributed by atoms with Crippen molar-refractivity contribution in [2.75, 3.05) is 0 Å². The lowest BCUT2D eigenvalue weighted by atomic mass is 9.84. The zero-order chi connectivity index (χ0) is 83.8. The normalized spacial score (nSPS) is 11.0. The average molecular weight is 1680 g/mol. The molecule has 3 heteroatoms. The number of H-pyrrole nitrogens is 2. The molecule has 682 valence electrons. The summed E-state index contributed by atoms with van der Waals surface area (Å²) in [7, 11) is 0. The quantitative estimate of drug-likeness (QED) is 0.0659. The Labute approximate surface area is 765 Å². The standard InChI is InChI=1S/C17H20.C16H18.2C14H16.C12H15N.C12H18.C11H16.C10H20.C7H12N2.8CH4/c1-14(2)8-9-15-10-12-17(13-11-15)16-6-4-3-5-7-16;1-13(2)12-14-8-10-16(11-9-14)15-6-4-3-5-7-15;1-11(2)10-13-8-5-7-12-6-3-4-9-14(12)13;1-11(2)9-12-7-8-13-5-3-4-6-14(13)10-12;1-9(2)7-10-8-13-12-6-4-3-5-11(10)12;1-10(2)4-7-12-8-5-11(3)6-9-12;1-10(2)8-9-11-6-4-3-5-7-11;1-9(2)8-10-6-4-3-5-7-10;1-6(2)3-7-4-8-5-9-7;;;;;;;;/h3-7,10-14H,8-9H2,1-2H3;3-11,13H,12H2,1-2H3;3-9,11H,10H2,1-2H3;3-8,10-11H,9H2,1-2H3;3-6,8-9,13H,7H2,1-2H3;5-6,8-10H,4,7H2,1-3H3;3-7,10H,8-9H2,1-2H3;9-10H,3-8H2,1-2H3;4-6H,3H2,1-2H3,(H,8,9);8*1H4. The van der Waals surface area contributed by atoms with Gasteiger partial charge in [-0.1, -0.05) is 489 Å². The molecule has 0 atom stereocenters. The minimum absolute atomic E-state index is 0. The molecule has 0 unspecified atom stereocenters. The summed E-state index contributed by atoms with van der Waals surface area (Å²) in [5.74, 6) is 8.02. The van der Waals surface area contributed by atoms with Gasteiger partial charge in [0.05, 0.1) is 6.33 Å². The Hall–Kier alpha value is -9.31. The fourth-order valence-corrected chi connectivity index (χ4v) is 14.6. The van der Waals surface area contributed by atoms with E-state index in [1.807, 2.05) is 6.20 Å². The fraction of sp³-hybridized carbons (Fsp3) is 0.446. The topological polar surface area (TPSA) is 44.5 Å². The van der Waals surface area contributed by atoms with Crippen LogP contribution >= 0.6 is 0 Å². The number of fused-ring (bicyclic) bond motifs is 3. The molecule has 11 aromatic carbocycles. The lowest BCUT2D eigenvalue weighted by molar-refractivity contribution is 0.305. The van der Waals surface area contributed by atoms with Crippen LogP contribution in [0.5, 0.6) is 0 Å². The Bertz CT molecular complexity index is 4570. The van der Waals surface area contributed by atoms with Crippen molar-refractivity contribution in [1.82, 2.24) is 15.0 Å². The van der Waals surface area contributed by atoms with E-state index in [-0.39, 0.29) is 59.4 Å². The molecular weight excluding hydrogens is 1500 g/mol. The van der Waals surface area contributed by atoms with Gasteiger partial charge in [0.1, 0.15) is 0 Å². The molecule has 1 aliphatic carbocycles. The zero-order valence-corrected chi connectivity index (χ0v) is 75.5. The largest absolute Gasteiger partial charge is 0.361 e. The molecule has 13 aromatic rings. The van der Waals surface area contributed by atoms with Crippen LogP contribution in [-0.4, -0.2) is 15.0 Å². The van der Waals surface area contributed by atoms with Crippen molar-refractivity contribution in [2.45, 2.75) is 300 Å². The van der Waals surface area contributed by atoms with E-state index in [4.69, 9.17) is 0 Å². The van der Waals surface area contributed by atoms with Crippen LogP contribution in [0.3, 0.4) is 0 Å². The number of aryl methyl sites for hydroxylation is 4. The Morgan fingerprint density at radius 1 is 0.290 bits per heavy atom. The van der Waals surface area contributed by atoms with Crippen molar-refractivity contribution < 1.29 is 0 Å². The second kappa shape index (κ2) is 68.0. The van der Waals surface area contributed by atoms with Crippen LogP contribution < -0.4 is 0 Å². The number of imidazole rings is 1. The van der Waals surface area contributed by atoms with E-state index in [0.717, 1.165) is 72.5 Å². The summed E-state index contributed by atoms with van der Waals surface area (Å²) in [6.07, 6.45) is 28.0. The first-order valence-electron chi connectivity index (χ1n) is 44.7. The highest BCUT2D eigenvalue weighted by atomic mass is 14.9. The van der Waals surface area contributed by atoms with Gasteiger partial charge in [-0.15, -0.1) is 0 Å². The lowest BCUT2D eigenvalue weighted by Gasteiger charge is -2.22. The van der Waals surface area contributed by atoms with Crippen LogP contribution in [0, 0.1) is 66.1 Å². The number of rotatable bonds is 23. The van der Waals surface area contributed by atoms with Gasteiger partial charge in [0.2, 0.25) is 0 Å². The Morgan fingerprint density at radius 2 is 0.669 bits per heavy atom. The van der Waals surface area contributed by atoms with Gasteiger partial charge in [0.15, 0.2) is 0 Å². The van der Waals surface area contributed by atoms with E-state index in [2.05, 4.69) is 426 Å². The highest BCUT2D eigenvalue weighted by molar-refractivity contribution is 5.86. The number of nitrogens with zero attached hydrogens (tertiary/aromatic N) is 1. The number of aromatic amines is 2. The molecule has 0 bridgehead atoms. The summed E-state index contributed by atoms with van der Waals surface area (Å²) in [6, 6.07) is 97.4. The molecule has 2 heterocycles. The van der Waals surface area contributed by atoms with E-state index in [1.165, 1.54) is 195 Å². The Morgan fingerprint density at radius 3 is 1.13 bits per heavy atom. The van der Waals surface area contributed by atoms with Crippen molar-refractivity contribution >= 4 is 32.4 Å². The first-order valence-corrected chi connectivity index (χ1v) is 44.7. The van der Waals surface area contributed by atoms with Gasteiger partial charge >= 0.3 is 0 Å². The maximum Gasteiger partial charge on any atom is 0.0921 e. The minimum Gasteiger partial charge on any atom is -0.361 e. The van der Waals surface area contributed by atoms with Crippen molar-refractivity contribution in [1.29, 1.82) is 0 Å². The van der Waals surface area contributed by atoms with E-state index < -0.39 is 0 Å². The number of para-hydroxylation sites is 1. The number of benzene rings is 11. The molecule has 14 rings (SSSR count). The summed E-state index contributed by atoms with van der Waals surface area (Å²) in [6.45, 7) is 42.9. The smallest absolute Gasteiger partial charge is 0.0921 e. The molecule has 1 aliphatic rings. The zero-order valence-electron chi connectivity index (χ0n) is 75.5. The third-order valence-corrected chi connectivity index (χ3v) is 20.7. The van der Waals surface area contributed by atoms with Crippen LogP contribution in [0.25, 0.3) is 54.7 Å². The number of aromatic nitrogens is 3.